The minimum Gasteiger partial charge on any atom is -0.481 e. The van der Waals surface area contributed by atoms with Gasteiger partial charge in [-0.2, -0.15) is 13.2 Å². The van der Waals surface area contributed by atoms with E-state index in [1.165, 1.54) is 12.0 Å². The van der Waals surface area contributed by atoms with Crippen molar-refractivity contribution in [1.82, 2.24) is 9.97 Å². The third-order valence-corrected chi connectivity index (χ3v) is 4.25. The molecule has 134 valence electrons. The number of aromatic nitrogens is 2. The van der Waals surface area contributed by atoms with E-state index < -0.39 is 23.3 Å². The molecule has 1 aromatic rings. The lowest BCUT2D eigenvalue weighted by molar-refractivity contribution is -0.150. The molecule has 1 aromatic heterocycles. The molecule has 1 aliphatic heterocycles. The highest BCUT2D eigenvalue weighted by molar-refractivity contribution is 5.75. The predicted molar refractivity (Wildman–Crippen MR) is 79.7 cm³/mol. The third-order valence-electron chi connectivity index (χ3n) is 4.25. The van der Waals surface area contributed by atoms with Crippen LogP contribution in [0.1, 0.15) is 31.4 Å². The van der Waals surface area contributed by atoms with Crippen LogP contribution in [0.2, 0.25) is 0 Å². The maximum Gasteiger partial charge on any atom is 0.433 e. The lowest BCUT2D eigenvalue weighted by Gasteiger charge is -2.40. The number of halogens is 3. The number of methoxy groups -OCH3 is 1. The zero-order chi connectivity index (χ0) is 17.8. The van der Waals surface area contributed by atoms with Crippen LogP contribution in [0.4, 0.5) is 19.1 Å². The van der Waals surface area contributed by atoms with Gasteiger partial charge < -0.3 is 14.7 Å². The van der Waals surface area contributed by atoms with E-state index in [0.717, 1.165) is 12.3 Å². The maximum absolute atomic E-state index is 12.8. The lowest BCUT2D eigenvalue weighted by Crippen LogP contribution is -2.48. The van der Waals surface area contributed by atoms with E-state index in [9.17, 15) is 23.1 Å². The highest BCUT2D eigenvalue weighted by Gasteiger charge is 2.43. The number of ether oxygens (including phenoxy) is 1. The van der Waals surface area contributed by atoms with Gasteiger partial charge >= 0.3 is 12.1 Å². The van der Waals surface area contributed by atoms with Crippen molar-refractivity contribution in [2.45, 2.75) is 31.9 Å². The zero-order valence-corrected chi connectivity index (χ0v) is 13.3. The number of rotatable bonds is 6. The van der Waals surface area contributed by atoms with Gasteiger partial charge in [-0.05, 0) is 31.7 Å². The lowest BCUT2D eigenvalue weighted by atomic mass is 9.76. The van der Waals surface area contributed by atoms with E-state index in [2.05, 4.69) is 9.97 Å². The Bertz CT molecular complexity index is 583. The molecule has 0 amide bonds. The number of piperidine rings is 1. The van der Waals surface area contributed by atoms with E-state index in [-0.39, 0.29) is 12.5 Å². The van der Waals surface area contributed by atoms with Crippen molar-refractivity contribution in [3.63, 3.8) is 0 Å². The highest BCUT2D eigenvalue weighted by atomic mass is 19.4. The number of anilines is 1. The van der Waals surface area contributed by atoms with Gasteiger partial charge in [0.2, 0.25) is 5.95 Å². The second kappa shape index (κ2) is 7.33. The first-order valence-corrected chi connectivity index (χ1v) is 7.66. The van der Waals surface area contributed by atoms with Gasteiger partial charge in [-0.15, -0.1) is 0 Å². The Morgan fingerprint density at radius 1 is 1.50 bits per heavy atom. The molecule has 2 rings (SSSR count). The normalized spacial score (nSPS) is 21.8. The fourth-order valence-corrected chi connectivity index (χ4v) is 3.00. The van der Waals surface area contributed by atoms with Crippen molar-refractivity contribution < 1.29 is 27.8 Å². The van der Waals surface area contributed by atoms with Crippen molar-refractivity contribution >= 4 is 11.9 Å². The summed E-state index contributed by atoms with van der Waals surface area (Å²) in [6, 6.07) is 0.802. The Balaban J connectivity index is 2.21. The topological polar surface area (TPSA) is 75.6 Å². The van der Waals surface area contributed by atoms with Gasteiger partial charge in [0.1, 0.15) is 5.69 Å². The van der Waals surface area contributed by atoms with E-state index in [0.29, 0.717) is 38.8 Å². The molecule has 1 fully saturated rings. The molecule has 0 aliphatic carbocycles. The molecule has 0 unspecified atom stereocenters. The molecular weight excluding hydrogens is 327 g/mol. The van der Waals surface area contributed by atoms with Crippen LogP contribution >= 0.6 is 0 Å². The average molecular weight is 347 g/mol. The van der Waals surface area contributed by atoms with Crippen molar-refractivity contribution in [2.75, 3.05) is 31.7 Å². The van der Waals surface area contributed by atoms with E-state index >= 15 is 0 Å². The van der Waals surface area contributed by atoms with E-state index in [1.807, 2.05) is 0 Å². The molecule has 0 bridgehead atoms. The largest absolute Gasteiger partial charge is 0.481 e. The highest BCUT2D eigenvalue weighted by Crippen LogP contribution is 2.37. The molecule has 0 radical (unpaired) electrons. The summed E-state index contributed by atoms with van der Waals surface area (Å²) in [5, 5.41) is 9.65. The molecule has 1 atom stereocenters. The molecule has 1 saturated heterocycles. The molecule has 0 aromatic carbocycles. The van der Waals surface area contributed by atoms with Crippen LogP contribution in [0.25, 0.3) is 0 Å². The summed E-state index contributed by atoms with van der Waals surface area (Å²) in [6.45, 7) is 0.961. The number of hydrogen-bond acceptors (Lipinski definition) is 5. The molecule has 2 heterocycles. The molecule has 9 heteroatoms. The summed E-state index contributed by atoms with van der Waals surface area (Å²) < 4.78 is 43.4. The van der Waals surface area contributed by atoms with Crippen LogP contribution < -0.4 is 4.90 Å². The third kappa shape index (κ3) is 4.14. The first kappa shape index (κ1) is 18.4. The van der Waals surface area contributed by atoms with Crippen LogP contribution in [-0.2, 0) is 15.7 Å². The van der Waals surface area contributed by atoms with Gasteiger partial charge in [-0.25, -0.2) is 9.97 Å². The van der Waals surface area contributed by atoms with Gasteiger partial charge in [0.15, 0.2) is 0 Å². The van der Waals surface area contributed by atoms with Gasteiger partial charge in [0, 0.05) is 33.0 Å². The second-order valence-electron chi connectivity index (χ2n) is 5.95. The second-order valence-corrected chi connectivity index (χ2v) is 5.95. The number of carboxylic acid groups (broad SMARTS) is 1. The Labute approximate surface area is 137 Å². The van der Waals surface area contributed by atoms with Gasteiger partial charge in [0.25, 0.3) is 0 Å². The summed E-state index contributed by atoms with van der Waals surface area (Å²) in [5.41, 5.74) is -2.05. The number of carboxylic acids is 1. The van der Waals surface area contributed by atoms with Crippen LogP contribution in [0.15, 0.2) is 12.3 Å². The fourth-order valence-electron chi connectivity index (χ4n) is 3.00. The summed E-state index contributed by atoms with van der Waals surface area (Å²) >= 11 is 0. The maximum atomic E-state index is 12.8. The van der Waals surface area contributed by atoms with Crippen molar-refractivity contribution in [3.05, 3.63) is 18.0 Å². The van der Waals surface area contributed by atoms with Crippen LogP contribution in [-0.4, -0.2) is 47.8 Å². The van der Waals surface area contributed by atoms with Gasteiger partial charge in [0.05, 0.1) is 5.41 Å². The van der Waals surface area contributed by atoms with Gasteiger partial charge in [-0.1, -0.05) is 0 Å². The van der Waals surface area contributed by atoms with E-state index in [4.69, 9.17) is 4.74 Å². The Hall–Kier alpha value is -1.90. The zero-order valence-electron chi connectivity index (χ0n) is 13.3. The Morgan fingerprint density at radius 2 is 2.25 bits per heavy atom. The monoisotopic (exact) mass is 347 g/mol. The summed E-state index contributed by atoms with van der Waals surface area (Å²) in [4.78, 5) is 20.8. The van der Waals surface area contributed by atoms with Crippen molar-refractivity contribution in [1.29, 1.82) is 0 Å². The van der Waals surface area contributed by atoms with E-state index in [1.54, 1.807) is 0 Å². The minimum atomic E-state index is -4.56. The average Bonchev–Trinajstić information content (AvgIpc) is 2.54. The number of hydrogen-bond donors (Lipinski definition) is 1. The number of carbonyl (C=O) groups is 1. The number of aliphatic carboxylic acids is 1. The van der Waals surface area contributed by atoms with Crippen LogP contribution in [0, 0.1) is 5.41 Å². The SMILES string of the molecule is COCCC[C@]1(C(=O)O)CCCN(c2nccc(C(F)(F)F)n2)C1. The number of nitrogens with zero attached hydrogens (tertiary/aromatic N) is 3. The first-order valence-electron chi connectivity index (χ1n) is 7.66. The smallest absolute Gasteiger partial charge is 0.433 e. The van der Waals surface area contributed by atoms with Gasteiger partial charge in [-0.3, -0.25) is 4.79 Å². The van der Waals surface area contributed by atoms with Crippen LogP contribution in [0.3, 0.4) is 0 Å². The molecule has 0 saturated carbocycles. The summed E-state index contributed by atoms with van der Waals surface area (Å²) in [5.74, 6) is -1.03. The van der Waals surface area contributed by atoms with Crippen molar-refractivity contribution in [3.8, 4) is 0 Å². The standard InChI is InChI=1S/C15H20F3N3O3/c1-24-9-3-6-14(12(22)23)5-2-8-21(10-14)13-19-7-4-11(20-13)15(16,17)18/h4,7H,2-3,5-6,8-10H2,1H3,(H,22,23)/t14-/m1/s1. The molecule has 6 nitrogen and oxygen atoms in total. The quantitative estimate of drug-likeness (QED) is 0.797. The minimum absolute atomic E-state index is 0.0816. The predicted octanol–water partition coefficient (Wildman–Crippen LogP) is 2.59. The molecule has 24 heavy (non-hydrogen) atoms. The molecular formula is C15H20F3N3O3. The first-order chi connectivity index (χ1) is 11.3. The molecule has 1 aliphatic rings. The Kier molecular flexibility index (Phi) is 5.63. The fraction of sp³-hybridized carbons (Fsp3) is 0.667. The molecule has 0 spiro atoms. The number of alkyl halides is 3. The summed E-state index contributed by atoms with van der Waals surface area (Å²) in [6.07, 6.45) is -1.52. The summed E-state index contributed by atoms with van der Waals surface area (Å²) in [7, 11) is 1.54. The Morgan fingerprint density at radius 3 is 2.88 bits per heavy atom. The molecule has 1 N–H and O–H groups in total. The van der Waals surface area contributed by atoms with Crippen molar-refractivity contribution in [2.24, 2.45) is 5.41 Å². The van der Waals surface area contributed by atoms with Crippen LogP contribution in [0.5, 0.6) is 0 Å².